The molecule has 1 fully saturated rings. The highest BCUT2D eigenvalue weighted by atomic mass is 14.7. The van der Waals surface area contributed by atoms with Crippen molar-refractivity contribution in [3.05, 3.63) is 0 Å². The average Bonchev–Trinajstić information content (AvgIpc) is 1.68. The molecule has 0 heterocycles. The highest BCUT2D eigenvalue weighted by Crippen LogP contribution is 2.31. The van der Waals surface area contributed by atoms with E-state index >= 15 is 0 Å². The monoisotopic (exact) mass is 99.1 g/mol. The van der Waals surface area contributed by atoms with Crippen molar-refractivity contribution in [2.45, 2.75) is 26.3 Å². The molecule has 1 saturated carbocycles. The summed E-state index contributed by atoms with van der Waals surface area (Å²) >= 11 is 0. The molecule has 42 valence electrons. The highest BCUT2D eigenvalue weighted by molar-refractivity contribution is 4.85. The van der Waals surface area contributed by atoms with Crippen LogP contribution in [0.25, 0.3) is 0 Å². The molecule has 7 heavy (non-hydrogen) atoms. The lowest BCUT2D eigenvalue weighted by atomic mass is 9.72. The van der Waals surface area contributed by atoms with E-state index in [2.05, 4.69) is 13.8 Å². The number of nitrogens with two attached hydrogens (primary N) is 1. The molecule has 1 rings (SSSR count). The highest BCUT2D eigenvalue weighted by Gasteiger charge is 2.30. The van der Waals surface area contributed by atoms with Crippen LogP contribution in [0.1, 0.15) is 20.3 Å². The summed E-state index contributed by atoms with van der Waals surface area (Å²) in [5.41, 5.74) is 5.61. The fraction of sp³-hybridized carbons (Fsp3) is 1.00. The van der Waals surface area contributed by atoms with Crippen LogP contribution in [-0.4, -0.2) is 6.04 Å². The van der Waals surface area contributed by atoms with Crippen LogP contribution in [0.15, 0.2) is 0 Å². The predicted molar refractivity (Wildman–Crippen MR) is 30.9 cm³/mol. The Labute approximate surface area is 44.9 Å². The summed E-state index contributed by atoms with van der Waals surface area (Å²) in [6.07, 6.45) is 1.24. The van der Waals surface area contributed by atoms with Gasteiger partial charge in [-0.15, -0.1) is 0 Å². The molecule has 0 saturated heterocycles. The van der Waals surface area contributed by atoms with Crippen molar-refractivity contribution in [3.63, 3.8) is 0 Å². The molecule has 3 atom stereocenters. The van der Waals surface area contributed by atoms with Crippen LogP contribution in [-0.2, 0) is 0 Å². The molecule has 0 spiro atoms. The van der Waals surface area contributed by atoms with Gasteiger partial charge in [-0.25, -0.2) is 0 Å². The van der Waals surface area contributed by atoms with Crippen molar-refractivity contribution in [2.24, 2.45) is 17.6 Å². The second-order valence-corrected chi connectivity index (χ2v) is 2.74. The van der Waals surface area contributed by atoms with Crippen molar-refractivity contribution >= 4 is 0 Å². The predicted octanol–water partition coefficient (Wildman–Crippen LogP) is 0.990. The first-order valence-corrected chi connectivity index (χ1v) is 2.97. The third-order valence-corrected chi connectivity index (χ3v) is 2.22. The molecule has 0 aromatic carbocycles. The molecular formula is C6H13N. The maximum Gasteiger partial charge on any atom is 0.00697 e. The maximum absolute atomic E-state index is 5.61. The van der Waals surface area contributed by atoms with Crippen LogP contribution < -0.4 is 5.73 Å². The Kier molecular flexibility index (Phi) is 1.08. The first kappa shape index (κ1) is 5.10. The van der Waals surface area contributed by atoms with Crippen molar-refractivity contribution in [1.29, 1.82) is 0 Å². The van der Waals surface area contributed by atoms with Gasteiger partial charge in [-0.05, 0) is 18.3 Å². The van der Waals surface area contributed by atoms with E-state index in [0.29, 0.717) is 6.04 Å². The molecule has 1 aliphatic carbocycles. The number of hydrogen-bond acceptors (Lipinski definition) is 1. The second kappa shape index (κ2) is 1.48. The molecular weight excluding hydrogens is 86.1 g/mol. The third-order valence-electron chi connectivity index (χ3n) is 2.22. The topological polar surface area (TPSA) is 26.0 Å². The van der Waals surface area contributed by atoms with Gasteiger partial charge in [-0.2, -0.15) is 0 Å². The van der Waals surface area contributed by atoms with E-state index in [1.165, 1.54) is 6.42 Å². The molecule has 0 radical (unpaired) electrons. The van der Waals surface area contributed by atoms with Crippen molar-refractivity contribution in [1.82, 2.24) is 0 Å². The molecule has 0 amide bonds. The van der Waals surface area contributed by atoms with E-state index in [4.69, 9.17) is 5.73 Å². The Hall–Kier alpha value is -0.0400. The van der Waals surface area contributed by atoms with Gasteiger partial charge in [0.25, 0.3) is 0 Å². The second-order valence-electron chi connectivity index (χ2n) is 2.74. The van der Waals surface area contributed by atoms with Gasteiger partial charge in [0.2, 0.25) is 0 Å². The van der Waals surface area contributed by atoms with Gasteiger partial charge in [-0.1, -0.05) is 13.8 Å². The Morgan fingerprint density at radius 1 is 1.43 bits per heavy atom. The van der Waals surface area contributed by atoms with Gasteiger partial charge < -0.3 is 5.73 Å². The van der Waals surface area contributed by atoms with Crippen molar-refractivity contribution < 1.29 is 0 Å². The number of hydrogen-bond donors (Lipinski definition) is 1. The molecule has 0 aromatic heterocycles. The normalized spacial score (nSPS) is 51.0. The summed E-state index contributed by atoms with van der Waals surface area (Å²) in [7, 11) is 0. The van der Waals surface area contributed by atoms with E-state index in [-0.39, 0.29) is 0 Å². The molecule has 1 nitrogen and oxygen atoms in total. The van der Waals surface area contributed by atoms with Gasteiger partial charge in [0.1, 0.15) is 0 Å². The van der Waals surface area contributed by atoms with Gasteiger partial charge in [0.05, 0.1) is 0 Å². The minimum absolute atomic E-state index is 0.509. The molecule has 0 bridgehead atoms. The Morgan fingerprint density at radius 2 is 2.00 bits per heavy atom. The van der Waals surface area contributed by atoms with Gasteiger partial charge in [0, 0.05) is 6.04 Å². The van der Waals surface area contributed by atoms with Gasteiger partial charge >= 0.3 is 0 Å². The van der Waals surface area contributed by atoms with E-state index in [1.54, 1.807) is 0 Å². The molecule has 1 aliphatic rings. The largest absolute Gasteiger partial charge is 0.327 e. The van der Waals surface area contributed by atoms with Crippen LogP contribution >= 0.6 is 0 Å². The van der Waals surface area contributed by atoms with Gasteiger partial charge in [-0.3, -0.25) is 0 Å². The lowest BCUT2D eigenvalue weighted by Gasteiger charge is -2.37. The minimum Gasteiger partial charge on any atom is -0.327 e. The zero-order valence-corrected chi connectivity index (χ0v) is 5.02. The summed E-state index contributed by atoms with van der Waals surface area (Å²) in [5, 5.41) is 0. The fourth-order valence-corrected chi connectivity index (χ4v) is 1.08. The number of rotatable bonds is 0. The molecule has 1 heteroatoms. The van der Waals surface area contributed by atoms with Crippen LogP contribution in [0.3, 0.4) is 0 Å². The van der Waals surface area contributed by atoms with E-state index < -0.39 is 0 Å². The smallest absolute Gasteiger partial charge is 0.00697 e. The molecule has 0 aliphatic heterocycles. The fourth-order valence-electron chi connectivity index (χ4n) is 1.08. The zero-order valence-electron chi connectivity index (χ0n) is 5.02. The maximum atomic E-state index is 5.61. The minimum atomic E-state index is 0.509. The van der Waals surface area contributed by atoms with Crippen molar-refractivity contribution in [2.75, 3.05) is 0 Å². The van der Waals surface area contributed by atoms with E-state index in [9.17, 15) is 0 Å². The first-order valence-electron chi connectivity index (χ1n) is 2.97. The first-order chi connectivity index (χ1) is 3.22. The van der Waals surface area contributed by atoms with Crippen molar-refractivity contribution in [3.8, 4) is 0 Å². The summed E-state index contributed by atoms with van der Waals surface area (Å²) in [4.78, 5) is 0. The Balaban J connectivity index is 2.29. The lowest BCUT2D eigenvalue weighted by molar-refractivity contribution is 0.173. The summed E-state index contributed by atoms with van der Waals surface area (Å²) in [6, 6.07) is 0.509. The Morgan fingerprint density at radius 3 is 2.00 bits per heavy atom. The van der Waals surface area contributed by atoms with Crippen LogP contribution in [0, 0.1) is 11.8 Å². The zero-order chi connectivity index (χ0) is 5.44. The molecule has 2 N–H and O–H groups in total. The van der Waals surface area contributed by atoms with Gasteiger partial charge in [0.15, 0.2) is 0 Å². The standard InChI is InChI=1S/C6H13N/c1-4-3-6(7)5(4)2/h4-6H,3,7H2,1-2H3. The quantitative estimate of drug-likeness (QED) is 0.481. The van der Waals surface area contributed by atoms with Crippen LogP contribution in [0.5, 0.6) is 0 Å². The van der Waals surface area contributed by atoms with E-state index in [1.807, 2.05) is 0 Å². The van der Waals surface area contributed by atoms with Crippen LogP contribution in [0.4, 0.5) is 0 Å². The third kappa shape index (κ3) is 0.653. The average molecular weight is 99.2 g/mol. The SMILES string of the molecule is CC1CC(N)C1C. The summed E-state index contributed by atoms with van der Waals surface area (Å²) in [5.74, 6) is 1.66. The lowest BCUT2D eigenvalue weighted by Crippen LogP contribution is -2.44. The van der Waals surface area contributed by atoms with E-state index in [0.717, 1.165) is 11.8 Å². The van der Waals surface area contributed by atoms with Crippen LogP contribution in [0.2, 0.25) is 0 Å². The summed E-state index contributed by atoms with van der Waals surface area (Å²) in [6.45, 7) is 4.48. The Bertz CT molecular complexity index is 62.6. The summed E-state index contributed by atoms with van der Waals surface area (Å²) < 4.78 is 0. The molecule has 3 unspecified atom stereocenters. The molecule has 0 aromatic rings.